The second kappa shape index (κ2) is 5.35. The van der Waals surface area contributed by atoms with E-state index in [9.17, 15) is 19.3 Å². The van der Waals surface area contributed by atoms with E-state index in [4.69, 9.17) is 0 Å². The molecule has 0 unspecified atom stereocenters. The molecule has 0 heterocycles. The van der Waals surface area contributed by atoms with Gasteiger partial charge in [-0.15, -0.1) is 0 Å². The van der Waals surface area contributed by atoms with E-state index in [2.05, 4.69) is 10.6 Å². The van der Waals surface area contributed by atoms with Gasteiger partial charge in [-0.3, -0.25) is 14.9 Å². The van der Waals surface area contributed by atoms with Gasteiger partial charge in [-0.1, -0.05) is 0 Å². The van der Waals surface area contributed by atoms with Crippen LogP contribution >= 0.6 is 0 Å². The average Bonchev–Trinajstić information content (AvgIpc) is 2.30. The number of rotatable bonds is 4. The Kier molecular flexibility index (Phi) is 4.11. The van der Waals surface area contributed by atoms with Crippen LogP contribution in [0, 0.1) is 15.9 Å². The van der Waals surface area contributed by atoms with Crippen LogP contribution in [0.3, 0.4) is 0 Å². The minimum absolute atomic E-state index is 0.185. The number of amides is 1. The van der Waals surface area contributed by atoms with Gasteiger partial charge in [0.1, 0.15) is 0 Å². The molecule has 92 valence electrons. The third-order valence-corrected chi connectivity index (χ3v) is 2.24. The quantitative estimate of drug-likeness (QED) is 0.614. The van der Waals surface area contributed by atoms with E-state index in [-0.39, 0.29) is 11.6 Å². The lowest BCUT2D eigenvalue weighted by Gasteiger charge is -2.10. The van der Waals surface area contributed by atoms with Crippen molar-refractivity contribution in [1.29, 1.82) is 0 Å². The van der Waals surface area contributed by atoms with Crippen molar-refractivity contribution in [1.82, 2.24) is 5.32 Å². The van der Waals surface area contributed by atoms with Gasteiger partial charge < -0.3 is 10.6 Å². The topological polar surface area (TPSA) is 84.3 Å². The molecule has 17 heavy (non-hydrogen) atoms. The molecule has 1 amide bonds. The predicted octanol–water partition coefficient (Wildman–Crippen LogP) is 1.28. The number of likely N-dealkylation sites (N-methyl/N-ethyl adjacent to an activating group) is 1. The van der Waals surface area contributed by atoms with Crippen LogP contribution in [-0.4, -0.2) is 23.9 Å². The van der Waals surface area contributed by atoms with Gasteiger partial charge in [-0.2, -0.15) is 4.39 Å². The average molecular weight is 241 g/mol. The van der Waals surface area contributed by atoms with E-state index in [0.717, 1.165) is 12.1 Å². The van der Waals surface area contributed by atoms with Gasteiger partial charge in [0.15, 0.2) is 0 Å². The zero-order valence-corrected chi connectivity index (χ0v) is 9.36. The molecule has 0 aliphatic carbocycles. The van der Waals surface area contributed by atoms with Crippen molar-refractivity contribution in [3.63, 3.8) is 0 Å². The fourth-order valence-electron chi connectivity index (χ4n) is 1.11. The normalized spacial score (nSPS) is 11.9. The van der Waals surface area contributed by atoms with Crippen LogP contribution in [0.2, 0.25) is 0 Å². The van der Waals surface area contributed by atoms with Crippen molar-refractivity contribution in [2.45, 2.75) is 13.0 Å². The maximum absolute atomic E-state index is 13.0. The SMILES string of the molecule is CN[C@@H](C)C(=O)Nc1ccc(F)c([N+](=O)[O-])c1. The van der Waals surface area contributed by atoms with Gasteiger partial charge in [0.25, 0.3) is 0 Å². The van der Waals surface area contributed by atoms with E-state index in [1.807, 2.05) is 0 Å². The summed E-state index contributed by atoms with van der Waals surface area (Å²) >= 11 is 0. The van der Waals surface area contributed by atoms with Gasteiger partial charge in [0, 0.05) is 11.8 Å². The summed E-state index contributed by atoms with van der Waals surface area (Å²) in [6.45, 7) is 1.63. The molecule has 0 fully saturated rings. The molecular formula is C10H12FN3O3. The molecule has 0 bridgehead atoms. The van der Waals surface area contributed by atoms with E-state index < -0.39 is 22.5 Å². The summed E-state index contributed by atoms with van der Waals surface area (Å²) in [6, 6.07) is 2.75. The fourth-order valence-corrected chi connectivity index (χ4v) is 1.11. The third kappa shape index (κ3) is 3.22. The molecule has 0 aliphatic rings. The van der Waals surface area contributed by atoms with E-state index in [0.29, 0.717) is 0 Å². The minimum atomic E-state index is -0.935. The van der Waals surface area contributed by atoms with Crippen molar-refractivity contribution in [3.8, 4) is 0 Å². The number of nitro groups is 1. The van der Waals surface area contributed by atoms with Crippen LogP contribution in [0.25, 0.3) is 0 Å². The first-order valence-corrected chi connectivity index (χ1v) is 4.87. The molecule has 2 N–H and O–H groups in total. The van der Waals surface area contributed by atoms with Crippen LogP contribution < -0.4 is 10.6 Å². The summed E-state index contributed by atoms with van der Waals surface area (Å²) in [4.78, 5) is 21.1. The molecule has 1 aromatic rings. The first-order valence-electron chi connectivity index (χ1n) is 4.87. The molecule has 0 saturated heterocycles. The minimum Gasteiger partial charge on any atom is -0.324 e. The zero-order chi connectivity index (χ0) is 13.0. The summed E-state index contributed by atoms with van der Waals surface area (Å²) in [7, 11) is 1.61. The number of anilines is 1. The highest BCUT2D eigenvalue weighted by Gasteiger charge is 2.16. The summed E-state index contributed by atoms with van der Waals surface area (Å²) in [5.74, 6) is -1.29. The van der Waals surface area contributed by atoms with Gasteiger partial charge >= 0.3 is 5.69 Å². The van der Waals surface area contributed by atoms with Crippen LogP contribution in [0.15, 0.2) is 18.2 Å². The van der Waals surface area contributed by atoms with E-state index in [1.54, 1.807) is 14.0 Å². The number of carbonyl (C=O) groups is 1. The number of benzene rings is 1. The predicted molar refractivity (Wildman–Crippen MR) is 60.2 cm³/mol. The van der Waals surface area contributed by atoms with Crippen molar-refractivity contribution in [2.24, 2.45) is 0 Å². The molecule has 1 rings (SSSR count). The molecule has 0 aliphatic heterocycles. The lowest BCUT2D eigenvalue weighted by atomic mass is 10.2. The number of nitro benzene ring substituents is 1. The molecule has 0 spiro atoms. The molecule has 1 atom stereocenters. The largest absolute Gasteiger partial charge is 0.324 e. The van der Waals surface area contributed by atoms with Gasteiger partial charge in [0.05, 0.1) is 11.0 Å². The van der Waals surface area contributed by atoms with Crippen LogP contribution in [0.1, 0.15) is 6.92 Å². The second-order valence-electron chi connectivity index (χ2n) is 3.42. The maximum Gasteiger partial charge on any atom is 0.306 e. The highest BCUT2D eigenvalue weighted by atomic mass is 19.1. The summed E-state index contributed by atoms with van der Waals surface area (Å²) in [5, 5.41) is 15.6. The number of halogens is 1. The van der Waals surface area contributed by atoms with Gasteiger partial charge in [0.2, 0.25) is 11.7 Å². The van der Waals surface area contributed by atoms with E-state index >= 15 is 0 Å². The van der Waals surface area contributed by atoms with Crippen molar-refractivity contribution in [2.75, 3.05) is 12.4 Å². The fraction of sp³-hybridized carbons (Fsp3) is 0.300. The Morgan fingerprint density at radius 2 is 2.18 bits per heavy atom. The number of nitrogens with one attached hydrogen (secondary N) is 2. The second-order valence-corrected chi connectivity index (χ2v) is 3.42. The van der Waals surface area contributed by atoms with Crippen molar-refractivity contribution in [3.05, 3.63) is 34.1 Å². The Morgan fingerprint density at radius 1 is 1.53 bits per heavy atom. The lowest BCUT2D eigenvalue weighted by molar-refractivity contribution is -0.387. The molecule has 1 aromatic carbocycles. The Balaban J connectivity index is 2.90. The third-order valence-electron chi connectivity index (χ3n) is 2.24. The Labute approximate surface area is 97.0 Å². The number of hydrogen-bond donors (Lipinski definition) is 2. The van der Waals surface area contributed by atoms with E-state index in [1.165, 1.54) is 6.07 Å². The highest BCUT2D eigenvalue weighted by Crippen LogP contribution is 2.21. The monoisotopic (exact) mass is 241 g/mol. The molecular weight excluding hydrogens is 229 g/mol. The number of hydrogen-bond acceptors (Lipinski definition) is 4. The first-order chi connectivity index (χ1) is 7.95. The van der Waals surface area contributed by atoms with Crippen LogP contribution in [0.5, 0.6) is 0 Å². The van der Waals surface area contributed by atoms with Crippen molar-refractivity contribution >= 4 is 17.3 Å². The molecule has 6 nitrogen and oxygen atoms in total. The van der Waals surface area contributed by atoms with Gasteiger partial charge in [-0.25, -0.2) is 0 Å². The van der Waals surface area contributed by atoms with Gasteiger partial charge in [-0.05, 0) is 26.1 Å². The Morgan fingerprint density at radius 3 is 2.71 bits per heavy atom. The summed E-state index contributed by atoms with van der Waals surface area (Å²) in [5.41, 5.74) is -0.481. The lowest BCUT2D eigenvalue weighted by Crippen LogP contribution is -2.35. The Hall–Kier alpha value is -2.02. The maximum atomic E-state index is 13.0. The molecule has 0 saturated carbocycles. The smallest absolute Gasteiger partial charge is 0.306 e. The molecule has 7 heteroatoms. The number of nitrogens with zero attached hydrogens (tertiary/aromatic N) is 1. The molecule has 0 aromatic heterocycles. The van der Waals surface area contributed by atoms with Crippen LogP contribution in [0.4, 0.5) is 15.8 Å². The summed E-state index contributed by atoms with van der Waals surface area (Å²) < 4.78 is 13.0. The summed E-state index contributed by atoms with van der Waals surface area (Å²) in [6.07, 6.45) is 0. The standard InChI is InChI=1S/C10H12FN3O3/c1-6(12-2)10(15)13-7-3-4-8(11)9(5-7)14(16)17/h3-6,12H,1-2H3,(H,13,15)/t6-/m0/s1. The first kappa shape index (κ1) is 13.0. The van der Waals surface area contributed by atoms with Crippen molar-refractivity contribution < 1.29 is 14.1 Å². The van der Waals surface area contributed by atoms with Crippen LogP contribution in [-0.2, 0) is 4.79 Å². The molecule has 0 radical (unpaired) electrons. The zero-order valence-electron chi connectivity index (χ0n) is 9.36. The highest BCUT2D eigenvalue weighted by molar-refractivity contribution is 5.94. The number of carbonyl (C=O) groups excluding carboxylic acids is 1. The Bertz CT molecular complexity index is 450.